The molecule has 2 amide bonds. The number of ether oxygens (including phenoxy) is 1. The van der Waals surface area contributed by atoms with Crippen molar-refractivity contribution in [2.45, 2.75) is 49.8 Å². The zero-order valence-corrected chi connectivity index (χ0v) is 19.9. The average molecular weight is 492 g/mol. The highest BCUT2D eigenvalue weighted by molar-refractivity contribution is 7.89. The maximum absolute atomic E-state index is 13.4. The normalized spacial score (nSPS) is 16.7. The molecule has 2 aromatic carbocycles. The van der Waals surface area contributed by atoms with Crippen molar-refractivity contribution in [1.29, 1.82) is 0 Å². The molecule has 2 N–H and O–H groups in total. The molecular weight excluding hydrogens is 461 g/mol. The molecule has 1 fully saturated rings. The Morgan fingerprint density at radius 2 is 1.85 bits per heavy atom. The van der Waals surface area contributed by atoms with Crippen molar-refractivity contribution >= 4 is 21.8 Å². The van der Waals surface area contributed by atoms with Gasteiger partial charge >= 0.3 is 0 Å². The average Bonchev–Trinajstić information content (AvgIpc) is 3.37. The third kappa shape index (κ3) is 7.09. The van der Waals surface area contributed by atoms with E-state index in [9.17, 15) is 22.4 Å². The van der Waals surface area contributed by atoms with Gasteiger partial charge in [0.15, 0.2) is 0 Å². The maximum atomic E-state index is 13.4. The van der Waals surface area contributed by atoms with E-state index < -0.39 is 34.3 Å². The second-order valence-electron chi connectivity index (χ2n) is 8.09. The maximum Gasteiger partial charge on any atom is 0.242 e. The van der Waals surface area contributed by atoms with Gasteiger partial charge in [0.1, 0.15) is 11.9 Å². The Balaban J connectivity index is 1.74. The fraction of sp³-hybridized carbons (Fsp3) is 0.417. The standard InChI is InChI=1S/C24H30FN3O5S/c1-2-22(24(30)26-15-20-7-6-14-33-20)28(17-18-10-12-19(25)13-11-18)23(29)16-27-34(31,32)21-8-4-3-5-9-21/h3-5,8-13,20,22,27H,2,6-7,14-17H2,1H3,(H,26,30)/t20-,22+/m1/s1. The summed E-state index contributed by atoms with van der Waals surface area (Å²) in [4.78, 5) is 27.5. The van der Waals surface area contributed by atoms with Gasteiger partial charge in [0.25, 0.3) is 0 Å². The highest BCUT2D eigenvalue weighted by Gasteiger charge is 2.30. The van der Waals surface area contributed by atoms with Gasteiger partial charge in [0.05, 0.1) is 17.5 Å². The van der Waals surface area contributed by atoms with Crippen LogP contribution in [-0.2, 0) is 30.9 Å². The van der Waals surface area contributed by atoms with Gasteiger partial charge in [0, 0.05) is 19.7 Å². The molecule has 2 aromatic rings. The monoisotopic (exact) mass is 491 g/mol. The molecule has 1 heterocycles. The fourth-order valence-electron chi connectivity index (χ4n) is 3.78. The molecule has 2 atom stereocenters. The van der Waals surface area contributed by atoms with Gasteiger partial charge < -0.3 is 15.0 Å². The number of nitrogens with zero attached hydrogens (tertiary/aromatic N) is 1. The summed E-state index contributed by atoms with van der Waals surface area (Å²) in [7, 11) is -3.91. The van der Waals surface area contributed by atoms with Gasteiger partial charge in [-0.15, -0.1) is 0 Å². The Morgan fingerprint density at radius 1 is 1.15 bits per heavy atom. The van der Waals surface area contributed by atoms with Crippen LogP contribution >= 0.6 is 0 Å². The lowest BCUT2D eigenvalue weighted by Crippen LogP contribution is -2.52. The first-order chi connectivity index (χ1) is 16.3. The van der Waals surface area contributed by atoms with Crippen LogP contribution in [0.25, 0.3) is 0 Å². The summed E-state index contributed by atoms with van der Waals surface area (Å²) in [6.07, 6.45) is 2.06. The Labute approximate surface area is 199 Å². The molecule has 184 valence electrons. The van der Waals surface area contributed by atoms with Gasteiger partial charge in [-0.05, 0) is 49.1 Å². The number of hydrogen-bond donors (Lipinski definition) is 2. The SMILES string of the molecule is CC[C@@H](C(=O)NC[C@H]1CCCO1)N(Cc1ccc(F)cc1)C(=O)CNS(=O)(=O)c1ccccc1. The minimum absolute atomic E-state index is 0.0258. The molecule has 0 saturated carbocycles. The van der Waals surface area contributed by atoms with E-state index in [1.807, 2.05) is 0 Å². The Bertz CT molecular complexity index is 1060. The molecule has 1 aliphatic rings. The molecule has 8 nitrogen and oxygen atoms in total. The zero-order chi connectivity index (χ0) is 24.6. The molecular formula is C24H30FN3O5S. The molecule has 0 aliphatic carbocycles. The van der Waals surface area contributed by atoms with Crippen LogP contribution in [0.15, 0.2) is 59.5 Å². The Hall–Kier alpha value is -2.82. The van der Waals surface area contributed by atoms with Crippen molar-refractivity contribution < 1.29 is 27.1 Å². The van der Waals surface area contributed by atoms with Crippen molar-refractivity contribution in [2.75, 3.05) is 19.7 Å². The summed E-state index contributed by atoms with van der Waals surface area (Å²) >= 11 is 0. The van der Waals surface area contributed by atoms with Crippen molar-refractivity contribution in [3.05, 3.63) is 66.0 Å². The van der Waals surface area contributed by atoms with Gasteiger partial charge in [-0.2, -0.15) is 0 Å². The molecule has 0 aromatic heterocycles. The first-order valence-electron chi connectivity index (χ1n) is 11.3. The smallest absolute Gasteiger partial charge is 0.242 e. The molecule has 34 heavy (non-hydrogen) atoms. The fourth-order valence-corrected chi connectivity index (χ4v) is 4.78. The molecule has 0 unspecified atom stereocenters. The number of hydrogen-bond acceptors (Lipinski definition) is 5. The summed E-state index contributed by atoms with van der Waals surface area (Å²) in [5, 5.41) is 2.85. The molecule has 0 radical (unpaired) electrons. The predicted molar refractivity (Wildman–Crippen MR) is 125 cm³/mol. The predicted octanol–water partition coefficient (Wildman–Crippen LogP) is 2.21. The topological polar surface area (TPSA) is 105 Å². The van der Waals surface area contributed by atoms with Crippen LogP contribution in [0.2, 0.25) is 0 Å². The van der Waals surface area contributed by atoms with Crippen LogP contribution in [0, 0.1) is 5.82 Å². The lowest BCUT2D eigenvalue weighted by molar-refractivity contribution is -0.140. The number of rotatable bonds is 11. The zero-order valence-electron chi connectivity index (χ0n) is 19.1. The van der Waals surface area contributed by atoms with E-state index in [0.717, 1.165) is 12.8 Å². The second-order valence-corrected chi connectivity index (χ2v) is 9.86. The summed E-state index contributed by atoms with van der Waals surface area (Å²) in [6.45, 7) is 2.28. The van der Waals surface area contributed by atoms with Crippen LogP contribution in [0.4, 0.5) is 4.39 Å². The number of halogens is 1. The van der Waals surface area contributed by atoms with Gasteiger partial charge in [-0.25, -0.2) is 17.5 Å². The van der Waals surface area contributed by atoms with E-state index in [1.165, 1.54) is 41.3 Å². The number of nitrogens with one attached hydrogen (secondary N) is 2. The highest BCUT2D eigenvalue weighted by Crippen LogP contribution is 2.15. The van der Waals surface area contributed by atoms with Crippen LogP contribution < -0.4 is 10.0 Å². The Morgan fingerprint density at radius 3 is 2.47 bits per heavy atom. The van der Waals surface area contributed by atoms with E-state index in [1.54, 1.807) is 25.1 Å². The highest BCUT2D eigenvalue weighted by atomic mass is 32.2. The van der Waals surface area contributed by atoms with E-state index in [4.69, 9.17) is 4.74 Å². The molecule has 0 bridgehead atoms. The minimum Gasteiger partial charge on any atom is -0.376 e. The molecule has 1 aliphatic heterocycles. The Kier molecular flexibility index (Phi) is 9.14. The largest absolute Gasteiger partial charge is 0.376 e. The quantitative estimate of drug-likeness (QED) is 0.502. The third-order valence-electron chi connectivity index (χ3n) is 5.65. The van der Waals surface area contributed by atoms with E-state index >= 15 is 0 Å². The van der Waals surface area contributed by atoms with Crippen molar-refractivity contribution in [3.8, 4) is 0 Å². The van der Waals surface area contributed by atoms with Gasteiger partial charge in [-0.3, -0.25) is 9.59 Å². The first-order valence-corrected chi connectivity index (χ1v) is 12.8. The summed E-state index contributed by atoms with van der Waals surface area (Å²) in [6, 6.07) is 12.5. The number of carbonyl (C=O) groups is 2. The van der Waals surface area contributed by atoms with Crippen LogP contribution in [0.1, 0.15) is 31.7 Å². The van der Waals surface area contributed by atoms with Crippen LogP contribution in [0.3, 0.4) is 0 Å². The lowest BCUT2D eigenvalue weighted by Gasteiger charge is -2.31. The number of carbonyl (C=O) groups excluding carboxylic acids is 2. The molecule has 3 rings (SSSR count). The van der Waals surface area contributed by atoms with E-state index in [0.29, 0.717) is 25.1 Å². The second kappa shape index (κ2) is 12.0. The van der Waals surface area contributed by atoms with Crippen molar-refractivity contribution in [2.24, 2.45) is 0 Å². The van der Waals surface area contributed by atoms with E-state index in [2.05, 4.69) is 10.0 Å². The summed E-state index contributed by atoms with van der Waals surface area (Å²) in [5.41, 5.74) is 0.617. The summed E-state index contributed by atoms with van der Waals surface area (Å²) in [5.74, 6) is -1.33. The lowest BCUT2D eigenvalue weighted by atomic mass is 10.1. The number of benzene rings is 2. The third-order valence-corrected chi connectivity index (χ3v) is 7.06. The molecule has 10 heteroatoms. The molecule has 0 spiro atoms. The summed E-state index contributed by atoms with van der Waals surface area (Å²) < 4.78 is 46.3. The van der Waals surface area contributed by atoms with Gasteiger partial charge in [0.2, 0.25) is 21.8 Å². The first kappa shape index (κ1) is 25.8. The van der Waals surface area contributed by atoms with Crippen molar-refractivity contribution in [3.63, 3.8) is 0 Å². The minimum atomic E-state index is -3.91. The number of sulfonamides is 1. The van der Waals surface area contributed by atoms with Crippen LogP contribution in [-0.4, -0.2) is 57.0 Å². The molecule has 1 saturated heterocycles. The van der Waals surface area contributed by atoms with Gasteiger partial charge in [-0.1, -0.05) is 37.3 Å². The van der Waals surface area contributed by atoms with E-state index in [-0.39, 0.29) is 23.5 Å². The van der Waals surface area contributed by atoms with Crippen LogP contribution in [0.5, 0.6) is 0 Å². The van der Waals surface area contributed by atoms with Crippen molar-refractivity contribution in [1.82, 2.24) is 14.9 Å². The number of amides is 2.